The van der Waals surface area contributed by atoms with Crippen molar-refractivity contribution in [3.05, 3.63) is 0 Å². The predicted octanol–water partition coefficient (Wildman–Crippen LogP) is 3.24. The molecule has 0 amide bonds. The van der Waals surface area contributed by atoms with Crippen LogP contribution in [-0.4, -0.2) is 12.7 Å². The molecule has 2 fully saturated rings. The molecule has 13 heavy (non-hydrogen) atoms. The summed E-state index contributed by atoms with van der Waals surface area (Å²) in [5, 5.41) is 0. The lowest BCUT2D eigenvalue weighted by atomic mass is 9.81. The third-order valence-corrected chi connectivity index (χ3v) is 3.65. The van der Waals surface area contributed by atoms with Crippen LogP contribution in [0.4, 0.5) is 0 Å². The van der Waals surface area contributed by atoms with Crippen LogP contribution in [0, 0.1) is 17.8 Å². The fourth-order valence-electron chi connectivity index (χ4n) is 3.11. The molecule has 0 heterocycles. The summed E-state index contributed by atoms with van der Waals surface area (Å²) in [6.45, 7) is 5.29. The summed E-state index contributed by atoms with van der Waals surface area (Å²) < 4.78 is 5.71. The summed E-state index contributed by atoms with van der Waals surface area (Å²) in [7, 11) is 0. The van der Waals surface area contributed by atoms with Crippen molar-refractivity contribution in [1.82, 2.24) is 0 Å². The Morgan fingerprint density at radius 3 is 2.23 bits per heavy atom. The first-order chi connectivity index (χ1) is 6.24. The lowest BCUT2D eigenvalue weighted by molar-refractivity contribution is 0.0325. The minimum absolute atomic E-state index is 0.416. The standard InChI is InChI=1S/C12H22O/c1-9(2)13-8-12-6-10-3-4-11(5-10)7-12/h9-12H,3-8H2,1-2H3. The van der Waals surface area contributed by atoms with Crippen molar-refractivity contribution in [3.8, 4) is 0 Å². The number of hydrogen-bond donors (Lipinski definition) is 0. The zero-order chi connectivity index (χ0) is 9.26. The molecular formula is C12H22O. The molecular weight excluding hydrogens is 160 g/mol. The highest BCUT2D eigenvalue weighted by Gasteiger charge is 2.33. The summed E-state index contributed by atoms with van der Waals surface area (Å²) in [6, 6.07) is 0. The Labute approximate surface area is 81.9 Å². The van der Waals surface area contributed by atoms with Gasteiger partial charge in [-0.3, -0.25) is 0 Å². The molecule has 0 aromatic rings. The van der Waals surface area contributed by atoms with Crippen molar-refractivity contribution in [2.45, 2.75) is 52.1 Å². The van der Waals surface area contributed by atoms with Crippen molar-refractivity contribution in [3.63, 3.8) is 0 Å². The molecule has 1 heteroatoms. The Balaban J connectivity index is 1.75. The van der Waals surface area contributed by atoms with Crippen LogP contribution >= 0.6 is 0 Å². The van der Waals surface area contributed by atoms with Gasteiger partial charge in [-0.05, 0) is 50.9 Å². The van der Waals surface area contributed by atoms with Gasteiger partial charge in [0.1, 0.15) is 0 Å². The third kappa shape index (κ3) is 2.46. The molecule has 0 radical (unpaired) electrons. The summed E-state index contributed by atoms with van der Waals surface area (Å²) in [4.78, 5) is 0. The van der Waals surface area contributed by atoms with E-state index in [4.69, 9.17) is 4.74 Å². The molecule has 0 spiro atoms. The van der Waals surface area contributed by atoms with Crippen LogP contribution in [0.1, 0.15) is 46.0 Å². The van der Waals surface area contributed by atoms with E-state index >= 15 is 0 Å². The van der Waals surface area contributed by atoms with E-state index in [9.17, 15) is 0 Å². The van der Waals surface area contributed by atoms with Crippen molar-refractivity contribution in [2.75, 3.05) is 6.61 Å². The van der Waals surface area contributed by atoms with Crippen LogP contribution in [0.2, 0.25) is 0 Å². The highest BCUT2D eigenvalue weighted by Crippen LogP contribution is 2.44. The van der Waals surface area contributed by atoms with E-state index in [0.29, 0.717) is 6.10 Å². The lowest BCUT2D eigenvalue weighted by Crippen LogP contribution is -2.21. The van der Waals surface area contributed by atoms with Gasteiger partial charge < -0.3 is 4.74 Å². The van der Waals surface area contributed by atoms with Crippen LogP contribution in [0.3, 0.4) is 0 Å². The van der Waals surface area contributed by atoms with Gasteiger partial charge in [0.05, 0.1) is 6.10 Å². The predicted molar refractivity (Wildman–Crippen MR) is 54.6 cm³/mol. The molecule has 2 bridgehead atoms. The molecule has 0 aromatic carbocycles. The minimum Gasteiger partial charge on any atom is -0.379 e. The van der Waals surface area contributed by atoms with E-state index in [1.807, 2.05) is 0 Å². The highest BCUT2D eigenvalue weighted by atomic mass is 16.5. The van der Waals surface area contributed by atoms with Crippen molar-refractivity contribution in [2.24, 2.45) is 17.8 Å². The second kappa shape index (κ2) is 4.00. The Morgan fingerprint density at radius 2 is 1.69 bits per heavy atom. The van der Waals surface area contributed by atoms with Crippen molar-refractivity contribution >= 4 is 0 Å². The summed E-state index contributed by atoms with van der Waals surface area (Å²) in [5.74, 6) is 2.99. The molecule has 0 saturated heterocycles. The number of ether oxygens (including phenoxy) is 1. The SMILES string of the molecule is CC(C)OCC1CC2CCC(C2)C1. The third-order valence-electron chi connectivity index (χ3n) is 3.65. The van der Waals surface area contributed by atoms with Gasteiger partial charge in [-0.25, -0.2) is 0 Å². The molecule has 2 atom stereocenters. The molecule has 0 N–H and O–H groups in total. The average molecular weight is 182 g/mol. The zero-order valence-corrected chi connectivity index (χ0v) is 8.96. The molecule has 0 aromatic heterocycles. The number of hydrogen-bond acceptors (Lipinski definition) is 1. The van der Waals surface area contributed by atoms with Gasteiger partial charge in [0.25, 0.3) is 0 Å². The average Bonchev–Trinajstić information content (AvgIpc) is 2.42. The van der Waals surface area contributed by atoms with E-state index in [0.717, 1.165) is 24.4 Å². The first-order valence-electron chi connectivity index (χ1n) is 5.85. The maximum Gasteiger partial charge on any atom is 0.0519 e. The van der Waals surface area contributed by atoms with Gasteiger partial charge in [0, 0.05) is 6.61 Å². The molecule has 2 aliphatic rings. The lowest BCUT2D eigenvalue weighted by Gasteiger charge is -2.28. The summed E-state index contributed by atoms with van der Waals surface area (Å²) in [5.41, 5.74) is 0. The number of rotatable bonds is 3. The highest BCUT2D eigenvalue weighted by molar-refractivity contribution is 4.85. The Bertz CT molecular complexity index is 153. The Hall–Kier alpha value is -0.0400. The van der Waals surface area contributed by atoms with Crippen molar-refractivity contribution < 1.29 is 4.74 Å². The van der Waals surface area contributed by atoms with Crippen molar-refractivity contribution in [1.29, 1.82) is 0 Å². The molecule has 76 valence electrons. The molecule has 2 rings (SSSR count). The van der Waals surface area contributed by atoms with E-state index < -0.39 is 0 Å². The molecule has 1 nitrogen and oxygen atoms in total. The van der Waals surface area contributed by atoms with Gasteiger partial charge in [0.15, 0.2) is 0 Å². The van der Waals surface area contributed by atoms with Crippen LogP contribution < -0.4 is 0 Å². The maximum absolute atomic E-state index is 5.71. The minimum atomic E-state index is 0.416. The zero-order valence-electron chi connectivity index (χ0n) is 8.96. The summed E-state index contributed by atoms with van der Waals surface area (Å²) in [6.07, 6.45) is 7.84. The topological polar surface area (TPSA) is 9.23 Å². The smallest absolute Gasteiger partial charge is 0.0519 e. The number of fused-ring (bicyclic) bond motifs is 2. The van der Waals surface area contributed by atoms with Crippen LogP contribution in [0.25, 0.3) is 0 Å². The maximum atomic E-state index is 5.71. The second-order valence-corrected chi connectivity index (χ2v) is 5.26. The molecule has 0 aliphatic heterocycles. The van der Waals surface area contributed by atoms with E-state index in [2.05, 4.69) is 13.8 Å². The van der Waals surface area contributed by atoms with E-state index in [1.54, 1.807) is 0 Å². The van der Waals surface area contributed by atoms with Gasteiger partial charge in [-0.2, -0.15) is 0 Å². The molecule has 2 aliphatic carbocycles. The molecule has 2 saturated carbocycles. The van der Waals surface area contributed by atoms with E-state index in [-0.39, 0.29) is 0 Å². The van der Waals surface area contributed by atoms with Gasteiger partial charge in [-0.15, -0.1) is 0 Å². The van der Waals surface area contributed by atoms with E-state index in [1.165, 1.54) is 32.1 Å². The van der Waals surface area contributed by atoms with Gasteiger partial charge in [-0.1, -0.05) is 12.8 Å². The monoisotopic (exact) mass is 182 g/mol. The van der Waals surface area contributed by atoms with Gasteiger partial charge in [0.2, 0.25) is 0 Å². The quantitative estimate of drug-likeness (QED) is 0.651. The fraction of sp³-hybridized carbons (Fsp3) is 1.00. The Kier molecular flexibility index (Phi) is 2.92. The first-order valence-corrected chi connectivity index (χ1v) is 5.85. The largest absolute Gasteiger partial charge is 0.379 e. The fourth-order valence-corrected chi connectivity index (χ4v) is 3.11. The van der Waals surface area contributed by atoms with Crippen LogP contribution in [0.15, 0.2) is 0 Å². The van der Waals surface area contributed by atoms with Gasteiger partial charge >= 0.3 is 0 Å². The second-order valence-electron chi connectivity index (χ2n) is 5.26. The van der Waals surface area contributed by atoms with Crippen LogP contribution in [0.5, 0.6) is 0 Å². The van der Waals surface area contributed by atoms with Crippen LogP contribution in [-0.2, 0) is 4.74 Å². The normalized spacial score (nSPS) is 38.5. The summed E-state index contributed by atoms with van der Waals surface area (Å²) >= 11 is 0. The molecule has 2 unspecified atom stereocenters. The Morgan fingerprint density at radius 1 is 1.08 bits per heavy atom. The first kappa shape index (κ1) is 9.51.